The first kappa shape index (κ1) is 17.7. The summed E-state index contributed by atoms with van der Waals surface area (Å²) in [7, 11) is 1.48. The molecule has 126 valence electrons. The number of fused-ring (bicyclic) bond motifs is 1. The molecule has 0 fully saturated rings. The minimum absolute atomic E-state index is 0.383. The summed E-state index contributed by atoms with van der Waals surface area (Å²) in [5, 5.41) is 0. The van der Waals surface area contributed by atoms with E-state index in [-0.39, 0.29) is 0 Å². The van der Waals surface area contributed by atoms with Gasteiger partial charge in [0, 0.05) is 17.8 Å². The molecule has 0 bridgehead atoms. The monoisotopic (exact) mass is 334 g/mol. The molecule has 0 atom stereocenters. The quantitative estimate of drug-likeness (QED) is 0.633. The first-order valence-corrected chi connectivity index (χ1v) is 7.46. The van der Waals surface area contributed by atoms with Gasteiger partial charge in [-0.25, -0.2) is 4.98 Å². The minimum atomic E-state index is -4.38. The maximum absolute atomic E-state index is 12.9. The molecule has 0 unspecified atom stereocenters. The van der Waals surface area contributed by atoms with Gasteiger partial charge in [-0.1, -0.05) is 26.0 Å². The summed E-state index contributed by atoms with van der Waals surface area (Å²) in [4.78, 5) is 8.47. The third-order valence-corrected chi connectivity index (χ3v) is 3.27. The summed E-state index contributed by atoms with van der Waals surface area (Å²) in [6, 6.07) is 10.2. The summed E-state index contributed by atoms with van der Waals surface area (Å²) in [5.41, 5.74) is 1.41. The Balaban J connectivity index is 0.00000100. The number of aromatic nitrogens is 2. The van der Waals surface area contributed by atoms with Gasteiger partial charge >= 0.3 is 6.18 Å². The van der Waals surface area contributed by atoms with Crippen molar-refractivity contribution in [1.29, 1.82) is 0 Å². The van der Waals surface area contributed by atoms with E-state index in [0.29, 0.717) is 28.0 Å². The van der Waals surface area contributed by atoms with Gasteiger partial charge in [-0.15, -0.1) is 0 Å². The fourth-order valence-corrected chi connectivity index (χ4v) is 2.22. The van der Waals surface area contributed by atoms with E-state index < -0.39 is 11.7 Å². The Morgan fingerprint density at radius 2 is 1.75 bits per heavy atom. The fourth-order valence-electron chi connectivity index (χ4n) is 2.22. The molecule has 1 aromatic carbocycles. The van der Waals surface area contributed by atoms with E-state index in [0.717, 1.165) is 12.1 Å². The number of pyridine rings is 2. The zero-order valence-electron chi connectivity index (χ0n) is 13.6. The Hall–Kier alpha value is -2.63. The molecular formula is C18H17F3N2O. The van der Waals surface area contributed by atoms with E-state index in [2.05, 4.69) is 9.97 Å². The number of hydrogen-bond donors (Lipinski definition) is 0. The highest BCUT2D eigenvalue weighted by molar-refractivity contribution is 5.91. The second kappa shape index (κ2) is 7.29. The number of halogens is 3. The number of nitrogens with zero attached hydrogens (tertiary/aromatic N) is 2. The summed E-state index contributed by atoms with van der Waals surface area (Å²) in [6.07, 6.45) is -2.84. The van der Waals surface area contributed by atoms with E-state index in [1.165, 1.54) is 13.2 Å². The van der Waals surface area contributed by atoms with Crippen LogP contribution in [-0.4, -0.2) is 17.1 Å². The maximum atomic E-state index is 12.9. The number of benzene rings is 1. The van der Waals surface area contributed by atoms with Crippen LogP contribution in [-0.2, 0) is 6.18 Å². The predicted molar refractivity (Wildman–Crippen MR) is 87.9 cm³/mol. The molecule has 3 nitrogen and oxygen atoms in total. The number of rotatable bonds is 2. The van der Waals surface area contributed by atoms with Crippen LogP contribution in [0.3, 0.4) is 0 Å². The number of alkyl halides is 3. The summed E-state index contributed by atoms with van der Waals surface area (Å²) < 4.78 is 43.7. The number of hydrogen-bond acceptors (Lipinski definition) is 3. The van der Waals surface area contributed by atoms with Crippen LogP contribution in [0.25, 0.3) is 22.2 Å². The second-order valence-corrected chi connectivity index (χ2v) is 4.66. The lowest BCUT2D eigenvalue weighted by molar-refractivity contribution is -0.137. The molecule has 0 aliphatic heterocycles. The predicted octanol–water partition coefficient (Wildman–Crippen LogP) is 5.35. The molecule has 6 heteroatoms. The van der Waals surface area contributed by atoms with E-state index in [1.807, 2.05) is 13.8 Å². The third kappa shape index (κ3) is 3.64. The topological polar surface area (TPSA) is 35.0 Å². The summed E-state index contributed by atoms with van der Waals surface area (Å²) >= 11 is 0. The lowest BCUT2D eigenvalue weighted by Crippen LogP contribution is -2.04. The zero-order chi connectivity index (χ0) is 17.7. The first-order valence-electron chi connectivity index (χ1n) is 7.46. The standard InChI is InChI=1S/C16H11F3N2O.C2H6/c1-22-14-6-5-13-15(21-14)12(7-8-20-13)10-3-2-4-11(9-10)16(17,18)19;1-2/h2-9H,1H3;1-2H3. The van der Waals surface area contributed by atoms with Gasteiger partial charge in [0.25, 0.3) is 0 Å². The summed E-state index contributed by atoms with van der Waals surface area (Å²) in [6.45, 7) is 4.00. The van der Waals surface area contributed by atoms with Crippen LogP contribution >= 0.6 is 0 Å². The Bertz CT molecular complexity index is 832. The van der Waals surface area contributed by atoms with Gasteiger partial charge in [0.1, 0.15) is 5.52 Å². The smallest absolute Gasteiger partial charge is 0.416 e. The molecule has 0 saturated carbocycles. The van der Waals surface area contributed by atoms with Crippen LogP contribution in [0.4, 0.5) is 13.2 Å². The molecule has 0 radical (unpaired) electrons. The van der Waals surface area contributed by atoms with Gasteiger partial charge in [-0.05, 0) is 29.8 Å². The first-order chi connectivity index (χ1) is 11.5. The van der Waals surface area contributed by atoms with Crippen molar-refractivity contribution in [2.75, 3.05) is 7.11 Å². The maximum Gasteiger partial charge on any atom is 0.416 e. The van der Waals surface area contributed by atoms with Gasteiger partial charge in [-0.2, -0.15) is 13.2 Å². The van der Waals surface area contributed by atoms with E-state index >= 15 is 0 Å². The Kier molecular flexibility index (Phi) is 5.39. The molecule has 24 heavy (non-hydrogen) atoms. The average molecular weight is 334 g/mol. The van der Waals surface area contributed by atoms with Crippen molar-refractivity contribution in [3.63, 3.8) is 0 Å². The third-order valence-electron chi connectivity index (χ3n) is 3.27. The van der Waals surface area contributed by atoms with Gasteiger partial charge in [-0.3, -0.25) is 4.98 Å². The van der Waals surface area contributed by atoms with E-state index in [1.54, 1.807) is 30.5 Å². The average Bonchev–Trinajstić information content (AvgIpc) is 2.62. The normalized spacial score (nSPS) is 10.9. The van der Waals surface area contributed by atoms with E-state index in [4.69, 9.17) is 4.74 Å². The zero-order valence-corrected chi connectivity index (χ0v) is 13.6. The largest absolute Gasteiger partial charge is 0.481 e. The molecule has 2 aromatic heterocycles. The highest BCUT2D eigenvalue weighted by atomic mass is 19.4. The Morgan fingerprint density at radius 1 is 1.00 bits per heavy atom. The number of methoxy groups -OCH3 is 1. The van der Waals surface area contributed by atoms with Crippen LogP contribution in [0.1, 0.15) is 19.4 Å². The van der Waals surface area contributed by atoms with E-state index in [9.17, 15) is 13.2 Å². The highest BCUT2D eigenvalue weighted by Crippen LogP contribution is 2.34. The molecule has 3 aromatic rings. The molecule has 0 amide bonds. The lowest BCUT2D eigenvalue weighted by atomic mass is 10.0. The molecule has 2 heterocycles. The molecular weight excluding hydrogens is 317 g/mol. The van der Waals surface area contributed by atoms with Crippen LogP contribution < -0.4 is 4.74 Å². The molecule has 0 saturated heterocycles. The molecule has 0 spiro atoms. The number of ether oxygens (including phenoxy) is 1. The van der Waals surface area contributed by atoms with Gasteiger partial charge in [0.15, 0.2) is 0 Å². The van der Waals surface area contributed by atoms with Crippen molar-refractivity contribution < 1.29 is 17.9 Å². The van der Waals surface area contributed by atoms with Crippen LogP contribution in [0.15, 0.2) is 48.7 Å². The highest BCUT2D eigenvalue weighted by Gasteiger charge is 2.30. The minimum Gasteiger partial charge on any atom is -0.481 e. The van der Waals surface area contributed by atoms with Crippen LogP contribution in [0, 0.1) is 0 Å². The van der Waals surface area contributed by atoms with Crippen LogP contribution in [0.2, 0.25) is 0 Å². The van der Waals surface area contributed by atoms with Gasteiger partial charge in [0.05, 0.1) is 18.2 Å². The van der Waals surface area contributed by atoms with Crippen LogP contribution in [0.5, 0.6) is 5.88 Å². The lowest BCUT2D eigenvalue weighted by Gasteiger charge is -2.10. The fraction of sp³-hybridized carbons (Fsp3) is 0.222. The molecule has 3 rings (SSSR count). The SMILES string of the molecule is CC.COc1ccc2nccc(-c3cccc(C(F)(F)F)c3)c2n1. The molecule has 0 aliphatic rings. The van der Waals surface area contributed by atoms with Crippen molar-refractivity contribution >= 4 is 11.0 Å². The molecule has 0 N–H and O–H groups in total. The Labute approximate surface area is 138 Å². The van der Waals surface area contributed by atoms with Crippen molar-refractivity contribution in [2.24, 2.45) is 0 Å². The van der Waals surface area contributed by atoms with Crippen molar-refractivity contribution in [1.82, 2.24) is 9.97 Å². The van der Waals surface area contributed by atoms with Crippen molar-refractivity contribution in [3.8, 4) is 17.0 Å². The van der Waals surface area contributed by atoms with Crippen molar-refractivity contribution in [3.05, 3.63) is 54.2 Å². The van der Waals surface area contributed by atoms with Crippen molar-refractivity contribution in [2.45, 2.75) is 20.0 Å². The molecule has 0 aliphatic carbocycles. The van der Waals surface area contributed by atoms with Gasteiger partial charge < -0.3 is 4.74 Å². The van der Waals surface area contributed by atoms with Gasteiger partial charge in [0.2, 0.25) is 5.88 Å². The Morgan fingerprint density at radius 3 is 2.42 bits per heavy atom. The second-order valence-electron chi connectivity index (χ2n) is 4.66. The summed E-state index contributed by atoms with van der Waals surface area (Å²) in [5.74, 6) is 0.383.